The lowest BCUT2D eigenvalue weighted by Crippen LogP contribution is -2.32. The third-order valence-electron chi connectivity index (χ3n) is 4.30. The minimum atomic E-state index is -3.30. The van der Waals surface area contributed by atoms with Gasteiger partial charge in [-0.15, -0.1) is 0 Å². The van der Waals surface area contributed by atoms with Gasteiger partial charge in [-0.05, 0) is 24.3 Å². The number of rotatable bonds is 5. The van der Waals surface area contributed by atoms with Gasteiger partial charge in [-0.2, -0.15) is 0 Å². The van der Waals surface area contributed by atoms with Crippen LogP contribution in [0.5, 0.6) is 5.75 Å². The molecule has 0 aliphatic carbocycles. The van der Waals surface area contributed by atoms with Gasteiger partial charge in [-0.25, -0.2) is 17.7 Å². The Morgan fingerprint density at radius 1 is 1.29 bits per heavy atom. The summed E-state index contributed by atoms with van der Waals surface area (Å²) in [7, 11) is -0.220. The number of aromatic hydroxyl groups is 1. The van der Waals surface area contributed by atoms with Crippen molar-refractivity contribution in [1.82, 2.24) is 13.9 Å². The fourth-order valence-electron chi connectivity index (χ4n) is 2.89. The molecule has 130 valence electrons. The Hall–Kier alpha value is -1.90. The topological polar surface area (TPSA) is 84.7 Å². The molecule has 1 saturated heterocycles. The van der Waals surface area contributed by atoms with Crippen molar-refractivity contribution in [3.05, 3.63) is 36.7 Å². The van der Waals surface area contributed by atoms with Crippen molar-refractivity contribution in [2.45, 2.75) is 6.04 Å². The Morgan fingerprint density at radius 2 is 2.00 bits per heavy atom. The monoisotopic (exact) mass is 351 g/mol. The minimum absolute atomic E-state index is 0.0395. The van der Waals surface area contributed by atoms with E-state index in [2.05, 4.69) is 4.98 Å². The summed E-state index contributed by atoms with van der Waals surface area (Å²) in [5, 5.41) is 9.44. The molecule has 2 atom stereocenters. The summed E-state index contributed by atoms with van der Waals surface area (Å²) in [6.07, 6.45) is 3.54. The van der Waals surface area contributed by atoms with Crippen LogP contribution in [0.2, 0.25) is 0 Å². The van der Waals surface area contributed by atoms with Crippen molar-refractivity contribution in [3.63, 3.8) is 0 Å². The molecule has 1 aromatic carbocycles. The number of sulfonamides is 1. The maximum absolute atomic E-state index is 12.2. The van der Waals surface area contributed by atoms with E-state index in [1.165, 1.54) is 4.31 Å². The largest absolute Gasteiger partial charge is 0.508 e. The van der Waals surface area contributed by atoms with Crippen LogP contribution < -0.4 is 0 Å². The number of phenolic OH excluding ortho intramolecular Hbond substituents is 1. The van der Waals surface area contributed by atoms with Gasteiger partial charge in [0.2, 0.25) is 10.0 Å². The Kier molecular flexibility index (Phi) is 4.62. The van der Waals surface area contributed by atoms with Crippen LogP contribution in [0.15, 0.2) is 36.7 Å². The summed E-state index contributed by atoms with van der Waals surface area (Å²) in [5.41, 5.74) is 0.860. The zero-order valence-electron chi connectivity index (χ0n) is 13.7. The maximum atomic E-state index is 12.2. The van der Waals surface area contributed by atoms with Gasteiger partial charge in [-0.1, -0.05) is 0 Å². The van der Waals surface area contributed by atoms with Crippen LogP contribution in [0.4, 0.5) is 0 Å². The fourth-order valence-corrected chi connectivity index (χ4v) is 4.05. The van der Waals surface area contributed by atoms with Crippen LogP contribution in [0.25, 0.3) is 11.4 Å². The zero-order valence-corrected chi connectivity index (χ0v) is 14.5. The summed E-state index contributed by atoms with van der Waals surface area (Å²) in [6, 6.07) is 6.69. The molecule has 0 unspecified atom stereocenters. The zero-order chi connectivity index (χ0) is 17.3. The highest BCUT2D eigenvalue weighted by Crippen LogP contribution is 2.32. The number of aromatic nitrogens is 2. The molecule has 1 aliphatic heterocycles. The van der Waals surface area contributed by atoms with Crippen LogP contribution in [0.3, 0.4) is 0 Å². The lowest BCUT2D eigenvalue weighted by atomic mass is 10.1. The van der Waals surface area contributed by atoms with Crippen LogP contribution in [0, 0.1) is 5.92 Å². The van der Waals surface area contributed by atoms with Crippen molar-refractivity contribution in [2.75, 3.05) is 33.1 Å². The number of phenols is 1. The molecule has 0 radical (unpaired) electrons. The first-order valence-electron chi connectivity index (χ1n) is 7.68. The molecular formula is C16H21N3O4S. The van der Waals surface area contributed by atoms with Gasteiger partial charge in [0.1, 0.15) is 11.6 Å². The third-order valence-corrected chi connectivity index (χ3v) is 6.26. The predicted molar refractivity (Wildman–Crippen MR) is 90.1 cm³/mol. The highest BCUT2D eigenvalue weighted by atomic mass is 32.2. The summed E-state index contributed by atoms with van der Waals surface area (Å²) >= 11 is 0. The van der Waals surface area contributed by atoms with E-state index >= 15 is 0 Å². The molecular weight excluding hydrogens is 330 g/mol. The summed E-state index contributed by atoms with van der Waals surface area (Å²) < 4.78 is 33.2. The number of benzene rings is 1. The lowest BCUT2D eigenvalue weighted by molar-refractivity contribution is 0.182. The molecule has 8 heteroatoms. The van der Waals surface area contributed by atoms with E-state index in [0.717, 1.165) is 11.4 Å². The molecule has 0 spiro atoms. The highest BCUT2D eigenvalue weighted by Gasteiger charge is 2.35. The molecule has 2 aromatic rings. The van der Waals surface area contributed by atoms with Gasteiger partial charge < -0.3 is 14.4 Å². The smallest absolute Gasteiger partial charge is 0.214 e. The molecule has 0 saturated carbocycles. The Balaban J connectivity index is 1.89. The number of imidazole rings is 1. The standard InChI is InChI=1S/C16H21N3O4S/c1-18(2)24(21,22)11-13-9-23-10-15(13)19-8-7-17-16(19)12-3-5-14(20)6-4-12/h3-8,13,15,20H,9-11H2,1-2H3/t13-,15-/m1/s1. The van der Waals surface area contributed by atoms with E-state index < -0.39 is 10.0 Å². The number of hydrogen-bond acceptors (Lipinski definition) is 5. The molecule has 0 bridgehead atoms. The fraction of sp³-hybridized carbons (Fsp3) is 0.438. The molecule has 1 aliphatic rings. The van der Waals surface area contributed by atoms with Crippen LogP contribution in [-0.2, 0) is 14.8 Å². The first-order valence-corrected chi connectivity index (χ1v) is 9.29. The average molecular weight is 351 g/mol. The number of hydrogen-bond donors (Lipinski definition) is 1. The second-order valence-corrected chi connectivity index (χ2v) is 8.36. The van der Waals surface area contributed by atoms with Crippen molar-refractivity contribution in [3.8, 4) is 17.1 Å². The van der Waals surface area contributed by atoms with Gasteiger partial charge in [0.25, 0.3) is 0 Å². The van der Waals surface area contributed by atoms with Crippen molar-refractivity contribution < 1.29 is 18.3 Å². The minimum Gasteiger partial charge on any atom is -0.508 e. The quantitative estimate of drug-likeness (QED) is 0.879. The normalized spacial score (nSPS) is 21.5. The van der Waals surface area contributed by atoms with E-state index in [1.54, 1.807) is 44.6 Å². The SMILES string of the molecule is CN(C)S(=O)(=O)C[C@H]1COC[C@H]1n1ccnc1-c1ccc(O)cc1. The second kappa shape index (κ2) is 6.54. The molecule has 0 amide bonds. The molecule has 7 nitrogen and oxygen atoms in total. The van der Waals surface area contributed by atoms with Crippen molar-refractivity contribution >= 4 is 10.0 Å². The molecule has 24 heavy (non-hydrogen) atoms. The van der Waals surface area contributed by atoms with E-state index in [0.29, 0.717) is 13.2 Å². The van der Waals surface area contributed by atoms with Gasteiger partial charge >= 0.3 is 0 Å². The van der Waals surface area contributed by atoms with Gasteiger partial charge in [0.05, 0.1) is 25.0 Å². The van der Waals surface area contributed by atoms with Crippen LogP contribution in [-0.4, -0.2) is 60.4 Å². The Morgan fingerprint density at radius 3 is 2.67 bits per heavy atom. The summed E-state index contributed by atoms with van der Waals surface area (Å²) in [5.74, 6) is 0.828. The molecule has 1 aromatic heterocycles. The average Bonchev–Trinajstić information content (AvgIpc) is 3.16. The van der Waals surface area contributed by atoms with E-state index in [9.17, 15) is 13.5 Å². The first-order chi connectivity index (χ1) is 11.4. The molecule has 1 N–H and O–H groups in total. The summed E-state index contributed by atoms with van der Waals surface area (Å²) in [6.45, 7) is 0.861. The van der Waals surface area contributed by atoms with E-state index in [4.69, 9.17) is 4.74 Å². The Bertz CT molecular complexity index is 799. The second-order valence-electron chi connectivity index (χ2n) is 6.13. The molecule has 2 heterocycles. The van der Waals surface area contributed by atoms with Gasteiger partial charge in [0.15, 0.2) is 0 Å². The number of nitrogens with zero attached hydrogens (tertiary/aromatic N) is 3. The van der Waals surface area contributed by atoms with Gasteiger partial charge in [0, 0.05) is 38.0 Å². The lowest BCUT2D eigenvalue weighted by Gasteiger charge is -2.22. The van der Waals surface area contributed by atoms with Crippen molar-refractivity contribution in [1.29, 1.82) is 0 Å². The molecule has 1 fully saturated rings. The predicted octanol–water partition coefficient (Wildman–Crippen LogP) is 1.33. The van der Waals surface area contributed by atoms with E-state index in [-0.39, 0.29) is 23.5 Å². The molecule has 3 rings (SSSR count). The van der Waals surface area contributed by atoms with Crippen LogP contribution >= 0.6 is 0 Å². The highest BCUT2D eigenvalue weighted by molar-refractivity contribution is 7.89. The first kappa shape index (κ1) is 16.9. The maximum Gasteiger partial charge on any atom is 0.214 e. The summed E-state index contributed by atoms with van der Waals surface area (Å²) in [4.78, 5) is 4.39. The number of ether oxygens (including phenoxy) is 1. The Labute approximate surface area is 141 Å². The van der Waals surface area contributed by atoms with Crippen molar-refractivity contribution in [2.24, 2.45) is 5.92 Å². The van der Waals surface area contributed by atoms with Crippen LogP contribution in [0.1, 0.15) is 6.04 Å². The van der Waals surface area contributed by atoms with E-state index in [1.807, 2.05) is 10.8 Å². The van der Waals surface area contributed by atoms with Gasteiger partial charge in [-0.3, -0.25) is 0 Å². The third kappa shape index (κ3) is 3.31.